The molecule has 0 spiro atoms. The summed E-state index contributed by atoms with van der Waals surface area (Å²) in [7, 11) is 4.79. The highest BCUT2D eigenvalue weighted by Gasteiger charge is 2.19. The van der Waals surface area contributed by atoms with Crippen molar-refractivity contribution in [3.05, 3.63) is 32.4 Å². The van der Waals surface area contributed by atoms with Crippen LogP contribution in [0.2, 0.25) is 0 Å². The molecule has 1 aromatic heterocycles. The van der Waals surface area contributed by atoms with E-state index in [9.17, 15) is 4.79 Å². The molecule has 0 radical (unpaired) electrons. The molecule has 0 saturated carbocycles. The number of amides is 1. The van der Waals surface area contributed by atoms with Crippen molar-refractivity contribution in [1.29, 1.82) is 0 Å². The highest BCUT2D eigenvalue weighted by atomic mass is 79.9. The largest absolute Gasteiger partial charge is 0.495 e. The van der Waals surface area contributed by atoms with E-state index in [1.54, 1.807) is 38.8 Å². The topological polar surface area (TPSA) is 72.3 Å². The van der Waals surface area contributed by atoms with E-state index >= 15 is 0 Å². The second-order valence-electron chi connectivity index (χ2n) is 4.94. The second kappa shape index (κ2) is 10.8. The minimum Gasteiger partial charge on any atom is -0.495 e. The van der Waals surface area contributed by atoms with Crippen molar-refractivity contribution in [2.75, 3.05) is 26.6 Å². The lowest BCUT2D eigenvalue weighted by Gasteiger charge is -2.12. The van der Waals surface area contributed by atoms with Crippen LogP contribution in [-0.4, -0.2) is 39.6 Å². The number of hydrogen-bond donors (Lipinski definition) is 1. The zero-order valence-corrected chi connectivity index (χ0v) is 18.7. The van der Waals surface area contributed by atoms with E-state index in [1.165, 1.54) is 11.3 Å². The summed E-state index contributed by atoms with van der Waals surface area (Å²) in [5.74, 6) is 0.814. The van der Waals surface area contributed by atoms with Gasteiger partial charge in [-0.3, -0.25) is 14.8 Å². The van der Waals surface area contributed by atoms with Crippen molar-refractivity contribution in [2.24, 2.45) is 9.98 Å². The molecule has 0 unspecified atom stereocenters. The van der Waals surface area contributed by atoms with Crippen molar-refractivity contribution >= 4 is 57.0 Å². The third kappa shape index (κ3) is 5.17. The number of hydrogen-bond acceptors (Lipinski definition) is 6. The highest BCUT2D eigenvalue weighted by Crippen LogP contribution is 2.38. The normalized spacial score (nSPS) is 10.6. The summed E-state index contributed by atoms with van der Waals surface area (Å²) >= 11 is 4.81. The number of rotatable bonds is 6. The Morgan fingerprint density at radius 1 is 1.22 bits per heavy atom. The van der Waals surface area contributed by atoms with Crippen molar-refractivity contribution < 1.29 is 14.3 Å². The van der Waals surface area contributed by atoms with Gasteiger partial charge < -0.3 is 14.8 Å². The third-order valence-corrected chi connectivity index (χ3v) is 5.39. The molecule has 0 atom stereocenters. The first-order valence-electron chi connectivity index (χ1n) is 8.21. The van der Waals surface area contributed by atoms with E-state index in [0.29, 0.717) is 32.9 Å². The average molecular weight is 454 g/mol. The Morgan fingerprint density at radius 2 is 1.78 bits per heavy atom. The molecule has 0 aliphatic carbocycles. The molecular formula is C19H24BrN3O3S. The minimum absolute atomic E-state index is 0.291. The summed E-state index contributed by atoms with van der Waals surface area (Å²) in [6.07, 6.45) is 0. The van der Waals surface area contributed by atoms with Crippen LogP contribution in [0.5, 0.6) is 11.5 Å². The van der Waals surface area contributed by atoms with Gasteiger partial charge in [0, 0.05) is 30.2 Å². The molecule has 0 fully saturated rings. The number of nitrogens with zero attached hydrogens (tertiary/aromatic N) is 2. The molecule has 2 rings (SSSR count). The number of aliphatic imine (C=N–C) groups is 2. The molecule has 8 heteroatoms. The molecular weight excluding hydrogens is 430 g/mol. The van der Waals surface area contributed by atoms with E-state index < -0.39 is 0 Å². The first kappa shape index (κ1) is 22.9. The van der Waals surface area contributed by atoms with E-state index in [2.05, 4.69) is 37.9 Å². The Labute approximate surface area is 172 Å². The number of nitrogens with one attached hydrogen (secondary N) is 1. The van der Waals surface area contributed by atoms with Crippen LogP contribution in [0.1, 0.15) is 36.0 Å². The highest BCUT2D eigenvalue weighted by molar-refractivity contribution is 9.10. The molecule has 1 aromatic carbocycles. The fraction of sp³-hybridized carbons (Fsp3) is 0.316. The zero-order chi connectivity index (χ0) is 20.6. The van der Waals surface area contributed by atoms with E-state index in [0.717, 1.165) is 10.6 Å². The van der Waals surface area contributed by atoms with Crippen molar-refractivity contribution in [2.45, 2.75) is 20.8 Å². The molecule has 1 heterocycles. The summed E-state index contributed by atoms with van der Waals surface area (Å²) < 4.78 is 11.3. The zero-order valence-electron chi connectivity index (χ0n) is 16.3. The van der Waals surface area contributed by atoms with Gasteiger partial charge in [0.2, 0.25) is 0 Å². The van der Waals surface area contributed by atoms with Gasteiger partial charge in [0.25, 0.3) is 5.91 Å². The molecule has 2 aromatic rings. The number of ether oxygens (including phenoxy) is 2. The quantitative estimate of drug-likeness (QED) is 0.580. The number of methoxy groups -OCH3 is 2. The Kier molecular flexibility index (Phi) is 9.17. The Bertz CT molecular complexity index is 822. The molecule has 6 nitrogen and oxygen atoms in total. The van der Waals surface area contributed by atoms with Gasteiger partial charge in [-0.1, -0.05) is 13.8 Å². The van der Waals surface area contributed by atoms with Crippen LogP contribution in [0, 0.1) is 0 Å². The molecule has 146 valence electrons. The Hall–Kier alpha value is -2.19. The van der Waals surface area contributed by atoms with Gasteiger partial charge >= 0.3 is 0 Å². The molecule has 1 amide bonds. The van der Waals surface area contributed by atoms with Crippen LogP contribution in [-0.2, 0) is 0 Å². The fourth-order valence-corrected chi connectivity index (χ4v) is 3.72. The summed E-state index contributed by atoms with van der Waals surface area (Å²) in [5, 5.41) is 4.59. The predicted octanol–water partition coefficient (Wildman–Crippen LogP) is 5.58. The smallest absolute Gasteiger partial charge is 0.258 e. The maximum Gasteiger partial charge on any atom is 0.258 e. The van der Waals surface area contributed by atoms with Gasteiger partial charge in [-0.05, 0) is 29.6 Å². The van der Waals surface area contributed by atoms with Crippen molar-refractivity contribution in [3.63, 3.8) is 0 Å². The number of benzene rings is 1. The summed E-state index contributed by atoms with van der Waals surface area (Å²) in [6.45, 7) is 9.44. The van der Waals surface area contributed by atoms with E-state index in [4.69, 9.17) is 9.47 Å². The standard InChI is InChI=1S/C17H18BrN3O3S.C2H6/c1-9(19-2)16-15(20-3)11(8-25-16)17(22)21-10-6-12(23-4)14(18)13(7-10)24-5;1-2/h6-8H,3H2,1-2,4-5H3,(H,21,22);1-2H3. The van der Waals surface area contributed by atoms with Gasteiger partial charge in [0.05, 0.1) is 36.1 Å². The van der Waals surface area contributed by atoms with Crippen LogP contribution in [0.15, 0.2) is 32.0 Å². The van der Waals surface area contributed by atoms with Gasteiger partial charge in [-0.15, -0.1) is 11.3 Å². The van der Waals surface area contributed by atoms with Crippen LogP contribution in [0.3, 0.4) is 0 Å². The second-order valence-corrected chi connectivity index (χ2v) is 6.62. The molecule has 0 aliphatic heterocycles. The van der Waals surface area contributed by atoms with Crippen molar-refractivity contribution in [1.82, 2.24) is 0 Å². The maximum absolute atomic E-state index is 12.7. The minimum atomic E-state index is -0.291. The maximum atomic E-state index is 12.7. The fourth-order valence-electron chi connectivity index (χ4n) is 2.17. The lowest BCUT2D eigenvalue weighted by molar-refractivity contribution is 0.102. The molecule has 1 N–H and O–H groups in total. The number of carbonyl (C=O) groups is 1. The molecule has 27 heavy (non-hydrogen) atoms. The summed E-state index contributed by atoms with van der Waals surface area (Å²) in [6, 6.07) is 3.41. The van der Waals surface area contributed by atoms with Crippen molar-refractivity contribution in [3.8, 4) is 11.5 Å². The molecule has 0 saturated heterocycles. The molecule has 0 aliphatic rings. The van der Waals surface area contributed by atoms with Gasteiger partial charge in [-0.2, -0.15) is 0 Å². The third-order valence-electron chi connectivity index (χ3n) is 3.54. The number of anilines is 1. The number of halogens is 1. The van der Waals surface area contributed by atoms with E-state index in [1.807, 2.05) is 20.8 Å². The van der Waals surface area contributed by atoms with E-state index in [-0.39, 0.29) is 5.91 Å². The SMILES string of the molecule is C=Nc1c(C(=O)Nc2cc(OC)c(Br)c(OC)c2)csc1C(C)=NC.CC. The average Bonchev–Trinajstić information content (AvgIpc) is 3.14. The van der Waals surface area contributed by atoms with Crippen LogP contribution in [0.25, 0.3) is 0 Å². The predicted molar refractivity (Wildman–Crippen MR) is 118 cm³/mol. The van der Waals surface area contributed by atoms with Gasteiger partial charge in [0.1, 0.15) is 16.0 Å². The monoisotopic (exact) mass is 453 g/mol. The van der Waals surface area contributed by atoms with Crippen LogP contribution >= 0.6 is 27.3 Å². The first-order chi connectivity index (χ1) is 13.0. The molecule has 0 bridgehead atoms. The van der Waals surface area contributed by atoms with Crippen LogP contribution in [0.4, 0.5) is 11.4 Å². The first-order valence-corrected chi connectivity index (χ1v) is 9.88. The summed E-state index contributed by atoms with van der Waals surface area (Å²) in [5.41, 5.74) is 2.32. The lowest BCUT2D eigenvalue weighted by Crippen LogP contribution is -2.11. The Morgan fingerprint density at radius 3 is 2.22 bits per heavy atom. The lowest BCUT2D eigenvalue weighted by atomic mass is 10.2. The van der Waals surface area contributed by atoms with Gasteiger partial charge in [0.15, 0.2) is 0 Å². The summed E-state index contributed by atoms with van der Waals surface area (Å²) in [4.78, 5) is 21.7. The number of thiophene rings is 1. The van der Waals surface area contributed by atoms with Gasteiger partial charge in [-0.25, -0.2) is 0 Å². The number of carbonyl (C=O) groups excluding carboxylic acids is 1. The van der Waals surface area contributed by atoms with Crippen LogP contribution < -0.4 is 14.8 Å². The Balaban J connectivity index is 0.00000176.